The van der Waals surface area contributed by atoms with Crippen molar-refractivity contribution in [3.05, 3.63) is 29.6 Å². The zero-order valence-electron chi connectivity index (χ0n) is 9.90. The van der Waals surface area contributed by atoms with Crippen molar-refractivity contribution in [2.45, 2.75) is 25.8 Å². The van der Waals surface area contributed by atoms with Crippen molar-refractivity contribution in [2.24, 2.45) is 0 Å². The van der Waals surface area contributed by atoms with Crippen LogP contribution < -0.4 is 10.6 Å². The topological polar surface area (TPSA) is 88.2 Å². The first-order valence-corrected chi connectivity index (χ1v) is 5.64. The summed E-state index contributed by atoms with van der Waals surface area (Å²) >= 11 is 0. The first kappa shape index (κ1) is 12.2. The monoisotopic (exact) mass is 247 g/mol. The van der Waals surface area contributed by atoms with E-state index in [4.69, 9.17) is 0 Å². The molecule has 0 spiro atoms. The maximum atomic E-state index is 11.9. The van der Waals surface area contributed by atoms with Crippen molar-refractivity contribution in [2.75, 3.05) is 0 Å². The number of piperidine rings is 1. The molecule has 2 heterocycles. The summed E-state index contributed by atoms with van der Waals surface area (Å²) in [4.78, 5) is 38.4. The number of carbonyl (C=O) groups excluding carboxylic acids is 3. The minimum Gasteiger partial charge on any atom is -0.339 e. The molecule has 1 saturated heterocycles. The van der Waals surface area contributed by atoms with Gasteiger partial charge in [-0.15, -0.1) is 0 Å². The number of amides is 3. The van der Waals surface area contributed by atoms with Gasteiger partial charge >= 0.3 is 0 Å². The van der Waals surface area contributed by atoms with Crippen LogP contribution in [-0.2, 0) is 9.59 Å². The standard InChI is InChI=1S/C12H13N3O3/c1-7-3-2-4-8(13-7)11(17)14-9-5-6-10(16)15-12(9)18/h2-4,9H,5-6H2,1H3,(H,14,17)(H,15,16,18). The van der Waals surface area contributed by atoms with Crippen LogP contribution in [0.2, 0.25) is 0 Å². The largest absolute Gasteiger partial charge is 0.339 e. The number of pyridine rings is 1. The lowest BCUT2D eigenvalue weighted by Gasteiger charge is -2.21. The molecule has 18 heavy (non-hydrogen) atoms. The summed E-state index contributed by atoms with van der Waals surface area (Å²) in [5.41, 5.74) is 0.991. The summed E-state index contributed by atoms with van der Waals surface area (Å²) < 4.78 is 0. The van der Waals surface area contributed by atoms with Crippen molar-refractivity contribution < 1.29 is 14.4 Å². The van der Waals surface area contributed by atoms with Crippen LogP contribution in [0.3, 0.4) is 0 Å². The number of hydrogen-bond donors (Lipinski definition) is 2. The molecule has 1 aromatic rings. The maximum absolute atomic E-state index is 11.9. The lowest BCUT2D eigenvalue weighted by atomic mass is 10.1. The highest BCUT2D eigenvalue weighted by atomic mass is 16.2. The van der Waals surface area contributed by atoms with Crippen LogP contribution in [0.4, 0.5) is 0 Å². The first-order chi connectivity index (χ1) is 8.56. The average molecular weight is 247 g/mol. The van der Waals surface area contributed by atoms with E-state index < -0.39 is 17.9 Å². The zero-order chi connectivity index (χ0) is 13.1. The second kappa shape index (κ2) is 4.95. The predicted octanol–water partition coefficient (Wildman–Crippen LogP) is -0.0750. The Kier molecular flexibility index (Phi) is 3.36. The Morgan fingerprint density at radius 2 is 2.22 bits per heavy atom. The molecule has 0 aliphatic carbocycles. The van der Waals surface area contributed by atoms with Crippen molar-refractivity contribution in [3.63, 3.8) is 0 Å². The molecular formula is C12H13N3O3. The molecule has 94 valence electrons. The van der Waals surface area contributed by atoms with E-state index in [2.05, 4.69) is 15.6 Å². The van der Waals surface area contributed by atoms with Gasteiger partial charge in [-0.3, -0.25) is 19.7 Å². The van der Waals surface area contributed by atoms with Gasteiger partial charge in [0, 0.05) is 12.1 Å². The van der Waals surface area contributed by atoms with E-state index in [9.17, 15) is 14.4 Å². The van der Waals surface area contributed by atoms with Crippen LogP contribution in [0.15, 0.2) is 18.2 Å². The molecule has 1 atom stereocenters. The molecule has 0 bridgehead atoms. The molecule has 1 unspecified atom stereocenters. The van der Waals surface area contributed by atoms with Gasteiger partial charge in [0.15, 0.2) is 0 Å². The highest BCUT2D eigenvalue weighted by molar-refractivity contribution is 6.03. The molecule has 1 fully saturated rings. The van der Waals surface area contributed by atoms with Gasteiger partial charge in [0.1, 0.15) is 11.7 Å². The van der Waals surface area contributed by atoms with Crippen LogP contribution in [0.5, 0.6) is 0 Å². The van der Waals surface area contributed by atoms with E-state index in [1.807, 2.05) is 0 Å². The Hall–Kier alpha value is -2.24. The number of aryl methyl sites for hydroxylation is 1. The summed E-state index contributed by atoms with van der Waals surface area (Å²) in [6.45, 7) is 1.78. The lowest BCUT2D eigenvalue weighted by Crippen LogP contribution is -2.52. The van der Waals surface area contributed by atoms with Gasteiger partial charge in [0.25, 0.3) is 5.91 Å². The van der Waals surface area contributed by atoms with Gasteiger partial charge in [-0.1, -0.05) is 6.07 Å². The lowest BCUT2D eigenvalue weighted by molar-refractivity contribution is -0.134. The van der Waals surface area contributed by atoms with Crippen LogP contribution in [-0.4, -0.2) is 28.7 Å². The van der Waals surface area contributed by atoms with Gasteiger partial charge in [-0.25, -0.2) is 4.98 Å². The fourth-order valence-corrected chi connectivity index (χ4v) is 1.73. The van der Waals surface area contributed by atoms with Crippen LogP contribution in [0, 0.1) is 6.92 Å². The summed E-state index contributed by atoms with van der Waals surface area (Å²) in [5, 5.41) is 4.75. The Morgan fingerprint density at radius 1 is 1.44 bits per heavy atom. The Labute approximate surface area is 104 Å². The third-order valence-corrected chi connectivity index (χ3v) is 2.67. The van der Waals surface area contributed by atoms with Gasteiger partial charge in [0.2, 0.25) is 11.8 Å². The number of carbonyl (C=O) groups is 3. The number of nitrogens with zero attached hydrogens (tertiary/aromatic N) is 1. The molecule has 0 aromatic carbocycles. The molecule has 0 radical (unpaired) electrons. The van der Waals surface area contributed by atoms with E-state index in [0.29, 0.717) is 6.42 Å². The van der Waals surface area contributed by atoms with Crippen molar-refractivity contribution in [3.8, 4) is 0 Å². The smallest absolute Gasteiger partial charge is 0.270 e. The fourth-order valence-electron chi connectivity index (χ4n) is 1.73. The molecule has 1 aromatic heterocycles. The number of hydrogen-bond acceptors (Lipinski definition) is 4. The Morgan fingerprint density at radius 3 is 2.89 bits per heavy atom. The number of aromatic nitrogens is 1. The van der Waals surface area contributed by atoms with Crippen molar-refractivity contribution in [1.29, 1.82) is 0 Å². The summed E-state index contributed by atoms with van der Waals surface area (Å²) in [5.74, 6) is -1.18. The van der Waals surface area contributed by atoms with E-state index >= 15 is 0 Å². The molecule has 1 aliphatic heterocycles. The fraction of sp³-hybridized carbons (Fsp3) is 0.333. The van der Waals surface area contributed by atoms with E-state index in [1.165, 1.54) is 0 Å². The van der Waals surface area contributed by atoms with Crippen LogP contribution in [0.1, 0.15) is 29.0 Å². The molecule has 2 N–H and O–H groups in total. The molecule has 1 aliphatic rings. The van der Waals surface area contributed by atoms with E-state index in [1.54, 1.807) is 25.1 Å². The minimum absolute atomic E-state index is 0.234. The minimum atomic E-state index is -0.669. The quantitative estimate of drug-likeness (QED) is 0.716. The Bertz CT molecular complexity index is 513. The highest BCUT2D eigenvalue weighted by Gasteiger charge is 2.28. The normalized spacial score (nSPS) is 19.3. The van der Waals surface area contributed by atoms with Crippen molar-refractivity contribution in [1.82, 2.24) is 15.6 Å². The van der Waals surface area contributed by atoms with Gasteiger partial charge in [0.05, 0.1) is 0 Å². The van der Waals surface area contributed by atoms with E-state index in [0.717, 1.165) is 5.69 Å². The highest BCUT2D eigenvalue weighted by Crippen LogP contribution is 2.06. The SMILES string of the molecule is Cc1cccc(C(=O)NC2CCC(=O)NC2=O)n1. The number of rotatable bonds is 2. The summed E-state index contributed by atoms with van der Waals surface area (Å²) in [7, 11) is 0. The third-order valence-electron chi connectivity index (χ3n) is 2.67. The second-order valence-corrected chi connectivity index (χ2v) is 4.14. The zero-order valence-corrected chi connectivity index (χ0v) is 9.90. The summed E-state index contributed by atoms with van der Waals surface area (Å²) in [6, 6.07) is 4.41. The number of imide groups is 1. The molecule has 6 heteroatoms. The second-order valence-electron chi connectivity index (χ2n) is 4.14. The predicted molar refractivity (Wildman–Crippen MR) is 62.6 cm³/mol. The molecule has 6 nitrogen and oxygen atoms in total. The van der Waals surface area contributed by atoms with Crippen LogP contribution >= 0.6 is 0 Å². The molecule has 3 amide bonds. The Balaban J connectivity index is 2.03. The molecular weight excluding hydrogens is 234 g/mol. The average Bonchev–Trinajstić information content (AvgIpc) is 2.32. The molecule has 0 saturated carbocycles. The maximum Gasteiger partial charge on any atom is 0.270 e. The first-order valence-electron chi connectivity index (χ1n) is 5.64. The third kappa shape index (κ3) is 2.71. The van der Waals surface area contributed by atoms with E-state index in [-0.39, 0.29) is 18.0 Å². The van der Waals surface area contributed by atoms with Crippen molar-refractivity contribution >= 4 is 17.7 Å². The van der Waals surface area contributed by atoms with Gasteiger partial charge in [-0.2, -0.15) is 0 Å². The van der Waals surface area contributed by atoms with Gasteiger partial charge < -0.3 is 5.32 Å². The van der Waals surface area contributed by atoms with Crippen LogP contribution in [0.25, 0.3) is 0 Å². The number of nitrogens with one attached hydrogen (secondary N) is 2. The molecule has 2 rings (SSSR count). The van der Waals surface area contributed by atoms with Gasteiger partial charge in [-0.05, 0) is 25.5 Å². The summed E-state index contributed by atoms with van der Waals surface area (Å²) in [6.07, 6.45) is 0.556.